The average molecular weight is 481 g/mol. The molecule has 1 aliphatic rings. The van der Waals surface area contributed by atoms with Gasteiger partial charge in [-0.1, -0.05) is 24.3 Å². The third kappa shape index (κ3) is 6.04. The molecule has 1 aromatic carbocycles. The maximum absolute atomic E-state index is 4.82. The van der Waals surface area contributed by atoms with Gasteiger partial charge in [0.25, 0.3) is 0 Å². The van der Waals surface area contributed by atoms with Gasteiger partial charge in [-0.15, -0.1) is 24.0 Å². The Morgan fingerprint density at radius 1 is 1.22 bits per heavy atom. The van der Waals surface area contributed by atoms with E-state index in [0.717, 1.165) is 36.7 Å². The van der Waals surface area contributed by atoms with Crippen molar-refractivity contribution in [3.05, 3.63) is 42.1 Å². The van der Waals surface area contributed by atoms with Crippen LogP contribution in [-0.2, 0) is 6.54 Å². The summed E-state index contributed by atoms with van der Waals surface area (Å²) in [5.74, 6) is 0.906. The second-order valence-electron chi connectivity index (χ2n) is 7.24. The number of nitrogens with zero attached hydrogens (tertiary/aromatic N) is 3. The van der Waals surface area contributed by atoms with E-state index >= 15 is 0 Å². The smallest absolute Gasteiger partial charge is 0.191 e. The summed E-state index contributed by atoms with van der Waals surface area (Å²) >= 11 is 0. The van der Waals surface area contributed by atoms with Crippen LogP contribution in [0.5, 0.6) is 0 Å². The van der Waals surface area contributed by atoms with Crippen molar-refractivity contribution in [3.63, 3.8) is 0 Å². The highest BCUT2D eigenvalue weighted by atomic mass is 127. The summed E-state index contributed by atoms with van der Waals surface area (Å²) in [6.45, 7) is 10.5. The van der Waals surface area contributed by atoms with Crippen molar-refractivity contribution >= 4 is 40.8 Å². The number of guanidine groups is 1. The van der Waals surface area contributed by atoms with Crippen LogP contribution in [0.4, 0.5) is 0 Å². The van der Waals surface area contributed by atoms with Gasteiger partial charge >= 0.3 is 0 Å². The molecule has 0 aliphatic carbocycles. The molecule has 0 spiro atoms. The predicted octanol–water partition coefficient (Wildman–Crippen LogP) is 3.78. The monoisotopic (exact) mass is 481 g/mol. The van der Waals surface area contributed by atoms with E-state index < -0.39 is 0 Å². The molecule has 6 heteroatoms. The minimum Gasteiger partial charge on any atom is -0.357 e. The van der Waals surface area contributed by atoms with Crippen molar-refractivity contribution in [2.75, 3.05) is 19.6 Å². The van der Waals surface area contributed by atoms with Crippen molar-refractivity contribution in [1.82, 2.24) is 20.5 Å². The van der Waals surface area contributed by atoms with Crippen molar-refractivity contribution in [2.45, 2.75) is 52.2 Å². The van der Waals surface area contributed by atoms with Crippen LogP contribution in [0.25, 0.3) is 10.9 Å². The lowest BCUT2D eigenvalue weighted by molar-refractivity contribution is 0.167. The Hall–Kier alpha value is -1.41. The summed E-state index contributed by atoms with van der Waals surface area (Å²) in [4.78, 5) is 11.9. The second kappa shape index (κ2) is 10.8. The standard InChI is InChI=1S/C21H31N5.HI/c1-4-22-21(25-19-10-13-26(14-11-19)16(2)3)24-15-18-8-5-7-17-9-6-12-23-20(17)18;/h5-9,12,16,19H,4,10-11,13-15H2,1-3H3,(H2,22,24,25);1H. The van der Waals surface area contributed by atoms with Crippen molar-refractivity contribution in [3.8, 4) is 0 Å². The van der Waals surface area contributed by atoms with Crippen LogP contribution in [0, 0.1) is 0 Å². The zero-order valence-electron chi connectivity index (χ0n) is 16.6. The highest BCUT2D eigenvalue weighted by molar-refractivity contribution is 14.0. The molecule has 1 aliphatic heterocycles. The quantitative estimate of drug-likeness (QED) is 0.388. The largest absolute Gasteiger partial charge is 0.357 e. The number of halogens is 1. The molecule has 148 valence electrons. The number of benzene rings is 1. The van der Waals surface area contributed by atoms with Gasteiger partial charge in [-0.25, -0.2) is 4.99 Å². The van der Waals surface area contributed by atoms with Crippen molar-refractivity contribution in [1.29, 1.82) is 0 Å². The van der Waals surface area contributed by atoms with Crippen LogP contribution in [0.3, 0.4) is 0 Å². The van der Waals surface area contributed by atoms with Gasteiger partial charge in [0.05, 0.1) is 12.1 Å². The first kappa shape index (κ1) is 21.9. The first-order valence-corrected chi connectivity index (χ1v) is 9.79. The van der Waals surface area contributed by atoms with Crippen LogP contribution in [-0.4, -0.2) is 47.6 Å². The molecule has 1 fully saturated rings. The summed E-state index contributed by atoms with van der Waals surface area (Å²) in [6.07, 6.45) is 4.18. The molecule has 0 amide bonds. The van der Waals surface area contributed by atoms with Crippen LogP contribution in [0.15, 0.2) is 41.5 Å². The van der Waals surface area contributed by atoms with Crippen LogP contribution in [0.2, 0.25) is 0 Å². The van der Waals surface area contributed by atoms with Crippen LogP contribution < -0.4 is 10.6 Å². The van der Waals surface area contributed by atoms with Gasteiger partial charge in [0.2, 0.25) is 0 Å². The number of aliphatic imine (C=N–C) groups is 1. The van der Waals surface area contributed by atoms with Gasteiger partial charge < -0.3 is 15.5 Å². The predicted molar refractivity (Wildman–Crippen MR) is 125 cm³/mol. The molecule has 3 rings (SSSR count). The van der Waals surface area contributed by atoms with E-state index in [0.29, 0.717) is 18.6 Å². The fourth-order valence-electron chi connectivity index (χ4n) is 3.53. The minimum atomic E-state index is 0. The van der Waals surface area contributed by atoms with E-state index in [2.05, 4.69) is 65.6 Å². The molecule has 27 heavy (non-hydrogen) atoms. The number of para-hydroxylation sites is 1. The Morgan fingerprint density at radius 2 is 1.96 bits per heavy atom. The second-order valence-corrected chi connectivity index (χ2v) is 7.24. The van der Waals surface area contributed by atoms with E-state index in [1.165, 1.54) is 18.2 Å². The Morgan fingerprint density at radius 3 is 2.67 bits per heavy atom. The fraction of sp³-hybridized carbons (Fsp3) is 0.524. The number of aromatic nitrogens is 1. The normalized spacial score (nSPS) is 16.4. The minimum absolute atomic E-state index is 0. The molecule has 0 saturated carbocycles. The number of pyridine rings is 1. The number of hydrogen-bond acceptors (Lipinski definition) is 3. The molecule has 2 aromatic rings. The highest BCUT2D eigenvalue weighted by Crippen LogP contribution is 2.17. The Kier molecular flexibility index (Phi) is 8.76. The molecule has 0 radical (unpaired) electrons. The Bertz CT molecular complexity index is 733. The van der Waals surface area contributed by atoms with E-state index in [1.807, 2.05) is 12.3 Å². The molecule has 0 atom stereocenters. The van der Waals surface area contributed by atoms with Gasteiger partial charge in [-0.2, -0.15) is 0 Å². The maximum Gasteiger partial charge on any atom is 0.191 e. The summed E-state index contributed by atoms with van der Waals surface area (Å²) in [5.41, 5.74) is 2.20. The Labute approximate surface area is 180 Å². The van der Waals surface area contributed by atoms with Gasteiger partial charge in [-0.05, 0) is 45.2 Å². The molecular formula is C21H32IN5. The van der Waals surface area contributed by atoms with E-state index in [-0.39, 0.29) is 24.0 Å². The average Bonchev–Trinajstić information content (AvgIpc) is 2.66. The number of piperidine rings is 1. The van der Waals surface area contributed by atoms with Crippen molar-refractivity contribution in [2.24, 2.45) is 4.99 Å². The molecule has 1 aromatic heterocycles. The lowest BCUT2D eigenvalue weighted by Crippen LogP contribution is -2.49. The van der Waals surface area contributed by atoms with Gasteiger partial charge in [0, 0.05) is 43.3 Å². The van der Waals surface area contributed by atoms with Gasteiger partial charge in [0.15, 0.2) is 5.96 Å². The maximum atomic E-state index is 4.82. The number of nitrogens with one attached hydrogen (secondary N) is 2. The molecule has 0 bridgehead atoms. The summed E-state index contributed by atoms with van der Waals surface area (Å²) in [5, 5.41) is 8.18. The topological polar surface area (TPSA) is 52.6 Å². The third-order valence-electron chi connectivity index (χ3n) is 5.07. The zero-order valence-corrected chi connectivity index (χ0v) is 18.9. The molecule has 0 unspecified atom stereocenters. The third-order valence-corrected chi connectivity index (χ3v) is 5.07. The zero-order chi connectivity index (χ0) is 18.4. The first-order valence-electron chi connectivity index (χ1n) is 9.79. The number of rotatable bonds is 5. The number of hydrogen-bond donors (Lipinski definition) is 2. The number of fused-ring (bicyclic) bond motifs is 1. The van der Waals surface area contributed by atoms with Gasteiger partial charge in [-0.3, -0.25) is 4.98 Å². The van der Waals surface area contributed by atoms with E-state index in [1.54, 1.807) is 0 Å². The van der Waals surface area contributed by atoms with E-state index in [9.17, 15) is 0 Å². The summed E-state index contributed by atoms with van der Waals surface area (Å²) < 4.78 is 0. The lowest BCUT2D eigenvalue weighted by atomic mass is 10.0. The van der Waals surface area contributed by atoms with E-state index in [4.69, 9.17) is 4.99 Å². The van der Waals surface area contributed by atoms with Crippen LogP contribution in [0.1, 0.15) is 39.2 Å². The van der Waals surface area contributed by atoms with Crippen molar-refractivity contribution < 1.29 is 0 Å². The molecule has 2 heterocycles. The van der Waals surface area contributed by atoms with Gasteiger partial charge in [0.1, 0.15) is 0 Å². The first-order chi connectivity index (χ1) is 12.7. The molecule has 2 N–H and O–H groups in total. The fourth-order valence-corrected chi connectivity index (χ4v) is 3.53. The molecular weight excluding hydrogens is 449 g/mol. The summed E-state index contributed by atoms with van der Waals surface area (Å²) in [7, 11) is 0. The SMILES string of the molecule is CCNC(=NCc1cccc2cccnc12)NC1CCN(C(C)C)CC1.I. The Balaban J connectivity index is 0.00000261. The van der Waals surface area contributed by atoms with Crippen LogP contribution >= 0.6 is 24.0 Å². The molecule has 1 saturated heterocycles. The summed E-state index contributed by atoms with van der Waals surface area (Å²) in [6, 6.07) is 11.5. The number of likely N-dealkylation sites (tertiary alicyclic amines) is 1. The lowest BCUT2D eigenvalue weighted by Gasteiger charge is -2.35. The highest BCUT2D eigenvalue weighted by Gasteiger charge is 2.21. The molecule has 5 nitrogen and oxygen atoms in total.